The average Bonchev–Trinajstić information content (AvgIpc) is 2.32. The Morgan fingerprint density at radius 1 is 1.59 bits per heavy atom. The van der Waals surface area contributed by atoms with Crippen molar-refractivity contribution in [2.24, 2.45) is 0 Å². The summed E-state index contributed by atoms with van der Waals surface area (Å²) in [6.45, 7) is 3.94. The monoisotopic (exact) mass is 235 g/mol. The van der Waals surface area contributed by atoms with Gasteiger partial charge in [-0.1, -0.05) is 10.6 Å². The number of esters is 1. The minimum absolute atomic E-state index is 0.314. The SMILES string of the molecule is CC#Cc1cc(C(=O)OC)c(OCC)c[n+]1N. The molecule has 0 spiro atoms. The van der Waals surface area contributed by atoms with Crippen LogP contribution in [0.3, 0.4) is 0 Å². The van der Waals surface area contributed by atoms with E-state index in [9.17, 15) is 4.79 Å². The van der Waals surface area contributed by atoms with E-state index in [1.165, 1.54) is 18.0 Å². The first kappa shape index (κ1) is 12.8. The predicted molar refractivity (Wildman–Crippen MR) is 61.8 cm³/mol. The molecule has 90 valence electrons. The molecule has 5 heteroatoms. The summed E-state index contributed by atoms with van der Waals surface area (Å²) in [5.74, 6) is 11.1. The number of carbonyl (C=O) groups excluding carboxylic acids is 1. The average molecular weight is 235 g/mol. The highest BCUT2D eigenvalue weighted by Crippen LogP contribution is 2.17. The van der Waals surface area contributed by atoms with Gasteiger partial charge >= 0.3 is 5.97 Å². The Balaban J connectivity index is 3.34. The van der Waals surface area contributed by atoms with Gasteiger partial charge in [-0.3, -0.25) is 0 Å². The van der Waals surface area contributed by atoms with Gasteiger partial charge in [-0.25, -0.2) is 10.6 Å². The van der Waals surface area contributed by atoms with Crippen LogP contribution in [0.4, 0.5) is 0 Å². The lowest BCUT2D eigenvalue weighted by Crippen LogP contribution is -2.47. The highest BCUT2D eigenvalue weighted by molar-refractivity contribution is 5.92. The molecule has 0 radical (unpaired) electrons. The van der Waals surface area contributed by atoms with Crippen LogP contribution in [0.15, 0.2) is 12.3 Å². The first-order valence-electron chi connectivity index (χ1n) is 5.12. The lowest BCUT2D eigenvalue weighted by Gasteiger charge is -2.06. The number of ether oxygens (including phenoxy) is 2. The molecule has 0 aliphatic carbocycles. The summed E-state index contributed by atoms with van der Waals surface area (Å²) in [6.07, 6.45) is 1.51. The van der Waals surface area contributed by atoms with Crippen LogP contribution in [0.5, 0.6) is 5.75 Å². The molecule has 1 heterocycles. The lowest BCUT2D eigenvalue weighted by molar-refractivity contribution is -0.641. The first-order chi connectivity index (χ1) is 8.13. The highest BCUT2D eigenvalue weighted by atomic mass is 16.5. The van der Waals surface area contributed by atoms with Crippen LogP contribution in [0.1, 0.15) is 29.9 Å². The summed E-state index contributed by atoms with van der Waals surface area (Å²) >= 11 is 0. The Morgan fingerprint density at radius 3 is 2.82 bits per heavy atom. The molecule has 0 fully saturated rings. The Hall–Kier alpha value is -2.22. The fraction of sp³-hybridized carbons (Fsp3) is 0.333. The molecule has 1 aromatic heterocycles. The smallest absolute Gasteiger partial charge is 0.342 e. The van der Waals surface area contributed by atoms with Gasteiger partial charge in [-0.15, -0.1) is 0 Å². The molecule has 0 aliphatic heterocycles. The Kier molecular flexibility index (Phi) is 4.35. The lowest BCUT2D eigenvalue weighted by atomic mass is 10.2. The number of hydrogen-bond acceptors (Lipinski definition) is 4. The zero-order valence-electron chi connectivity index (χ0n) is 10.1. The number of rotatable bonds is 3. The van der Waals surface area contributed by atoms with E-state index in [0.29, 0.717) is 23.6 Å². The van der Waals surface area contributed by atoms with E-state index >= 15 is 0 Å². The van der Waals surface area contributed by atoms with Gasteiger partial charge in [-0.2, -0.15) is 0 Å². The van der Waals surface area contributed by atoms with Crippen molar-refractivity contribution in [2.75, 3.05) is 19.6 Å². The molecule has 0 amide bonds. The van der Waals surface area contributed by atoms with Crippen molar-refractivity contribution in [3.8, 4) is 17.6 Å². The van der Waals surface area contributed by atoms with E-state index in [1.807, 2.05) is 6.92 Å². The van der Waals surface area contributed by atoms with Crippen molar-refractivity contribution < 1.29 is 18.9 Å². The number of carbonyl (C=O) groups is 1. The summed E-state index contributed by atoms with van der Waals surface area (Å²) in [5.41, 5.74) is 0.824. The largest absolute Gasteiger partial charge is 0.487 e. The van der Waals surface area contributed by atoms with Gasteiger partial charge in [0.2, 0.25) is 11.9 Å². The zero-order valence-corrected chi connectivity index (χ0v) is 10.1. The Bertz CT molecular complexity index is 487. The van der Waals surface area contributed by atoms with Gasteiger partial charge < -0.3 is 9.47 Å². The van der Waals surface area contributed by atoms with Gasteiger partial charge in [-0.05, 0) is 13.8 Å². The molecule has 0 aromatic carbocycles. The summed E-state index contributed by atoms with van der Waals surface area (Å²) in [5, 5.41) is 0. The summed E-state index contributed by atoms with van der Waals surface area (Å²) in [4.78, 5) is 11.6. The third-order valence-corrected chi connectivity index (χ3v) is 2.04. The van der Waals surface area contributed by atoms with Crippen LogP contribution >= 0.6 is 0 Å². The summed E-state index contributed by atoms with van der Waals surface area (Å²) in [7, 11) is 1.31. The molecule has 0 saturated carbocycles. The van der Waals surface area contributed by atoms with Gasteiger partial charge in [0.05, 0.1) is 13.7 Å². The number of aromatic nitrogens is 1. The van der Waals surface area contributed by atoms with Crippen LogP contribution in [-0.2, 0) is 4.74 Å². The fourth-order valence-electron chi connectivity index (χ4n) is 1.32. The number of pyridine rings is 1. The topological polar surface area (TPSA) is 65.4 Å². The number of hydrogen-bond donors (Lipinski definition) is 1. The Labute approximate surface area is 100 Å². The van der Waals surface area contributed by atoms with Crippen molar-refractivity contribution in [3.63, 3.8) is 0 Å². The van der Waals surface area contributed by atoms with Crippen molar-refractivity contribution in [1.29, 1.82) is 0 Å². The fourth-order valence-corrected chi connectivity index (χ4v) is 1.32. The van der Waals surface area contributed by atoms with Gasteiger partial charge in [0, 0.05) is 12.0 Å². The van der Waals surface area contributed by atoms with E-state index < -0.39 is 5.97 Å². The van der Waals surface area contributed by atoms with E-state index in [-0.39, 0.29) is 0 Å². The van der Waals surface area contributed by atoms with E-state index in [2.05, 4.69) is 16.6 Å². The maximum Gasteiger partial charge on any atom is 0.342 e. The number of nitrogen functional groups attached to an aromatic ring is 1. The molecule has 0 bridgehead atoms. The van der Waals surface area contributed by atoms with Crippen molar-refractivity contribution >= 4 is 5.97 Å². The van der Waals surface area contributed by atoms with Gasteiger partial charge in [0.1, 0.15) is 5.56 Å². The van der Waals surface area contributed by atoms with Gasteiger partial charge in [0.25, 0.3) is 5.69 Å². The number of nitrogens with zero attached hydrogens (tertiary/aromatic N) is 1. The highest BCUT2D eigenvalue weighted by Gasteiger charge is 2.20. The number of methoxy groups -OCH3 is 1. The molecule has 0 aliphatic rings. The molecular formula is C12H15N2O3+. The maximum atomic E-state index is 11.6. The van der Waals surface area contributed by atoms with Gasteiger partial charge in [0.15, 0.2) is 0 Å². The standard InChI is InChI=1S/C12H14N2O3/c1-4-6-9-7-10(12(15)16-3)11(17-5-2)8-14(9)13/h7-8H,5H2,1-3H3,(H-,13,15)/p+1. The molecule has 2 N–H and O–H groups in total. The molecule has 1 aromatic rings. The van der Waals surface area contributed by atoms with Crippen LogP contribution in [0.2, 0.25) is 0 Å². The molecule has 1 rings (SSSR count). The molecule has 0 atom stereocenters. The van der Waals surface area contributed by atoms with E-state index in [1.54, 1.807) is 13.0 Å². The maximum absolute atomic E-state index is 11.6. The quantitative estimate of drug-likeness (QED) is 0.353. The summed E-state index contributed by atoms with van der Waals surface area (Å²) in [6, 6.07) is 1.55. The minimum Gasteiger partial charge on any atom is -0.487 e. The summed E-state index contributed by atoms with van der Waals surface area (Å²) < 4.78 is 11.3. The number of nitrogens with two attached hydrogens (primary N) is 1. The molecule has 0 saturated heterocycles. The molecular weight excluding hydrogens is 220 g/mol. The van der Waals surface area contributed by atoms with E-state index in [4.69, 9.17) is 10.6 Å². The third kappa shape index (κ3) is 2.88. The second kappa shape index (κ2) is 5.75. The van der Waals surface area contributed by atoms with E-state index in [0.717, 1.165) is 0 Å². The molecule has 5 nitrogen and oxygen atoms in total. The van der Waals surface area contributed by atoms with Crippen LogP contribution in [0, 0.1) is 11.8 Å². The second-order valence-corrected chi connectivity index (χ2v) is 3.14. The van der Waals surface area contributed by atoms with Crippen LogP contribution in [0.25, 0.3) is 0 Å². The zero-order chi connectivity index (χ0) is 12.8. The normalized spacial score (nSPS) is 9.12. The van der Waals surface area contributed by atoms with Crippen LogP contribution < -0.4 is 15.3 Å². The molecule has 0 unspecified atom stereocenters. The third-order valence-electron chi connectivity index (χ3n) is 2.04. The van der Waals surface area contributed by atoms with Crippen LogP contribution in [-0.4, -0.2) is 19.7 Å². The van der Waals surface area contributed by atoms with Crippen molar-refractivity contribution in [1.82, 2.24) is 0 Å². The molecule has 17 heavy (non-hydrogen) atoms. The second-order valence-electron chi connectivity index (χ2n) is 3.14. The van der Waals surface area contributed by atoms with Crippen molar-refractivity contribution in [3.05, 3.63) is 23.5 Å². The Morgan fingerprint density at radius 2 is 2.29 bits per heavy atom. The first-order valence-corrected chi connectivity index (χ1v) is 5.12. The predicted octanol–water partition coefficient (Wildman–Crippen LogP) is 0.245. The minimum atomic E-state index is -0.479. The van der Waals surface area contributed by atoms with Crippen molar-refractivity contribution in [2.45, 2.75) is 13.8 Å².